The maximum atomic E-state index is 12.5. The van der Waals surface area contributed by atoms with E-state index in [0.29, 0.717) is 6.54 Å². The molecule has 1 aliphatic heterocycles. The van der Waals surface area contributed by atoms with E-state index < -0.39 is 0 Å². The normalized spacial score (nSPS) is 17.2. The molecule has 1 fully saturated rings. The Bertz CT molecular complexity index is 893. The summed E-state index contributed by atoms with van der Waals surface area (Å²) in [6.07, 6.45) is 2.30. The summed E-state index contributed by atoms with van der Waals surface area (Å²) in [6.45, 7) is 4.13. The molecule has 1 aromatic carbocycles. The number of aryl methyl sites for hydroxylation is 1. The van der Waals surface area contributed by atoms with Crippen LogP contribution in [0.1, 0.15) is 46.1 Å². The number of rotatable bonds is 5. The number of ether oxygens (including phenoxy) is 1. The zero-order chi connectivity index (χ0) is 17.2. The number of hydrogen-bond donors (Lipinski definition) is 1. The maximum Gasteiger partial charge on any atom is 0.261 e. The standard InChI is InChI=1S/C19H21N3O2S/c1-2-22-15-7-4-3-6-13(15)14(21-22)12-20-19(23)18-10-9-17(25-18)16-8-5-11-24-16/h3-4,6-7,9-10,16H,2,5,8,11-12H2,1H3,(H,20,23)/t16-/m1/s1. The zero-order valence-electron chi connectivity index (χ0n) is 14.2. The van der Waals surface area contributed by atoms with Crippen molar-refractivity contribution in [2.75, 3.05) is 6.61 Å². The highest BCUT2D eigenvalue weighted by molar-refractivity contribution is 7.14. The fraction of sp³-hybridized carbons (Fsp3) is 0.368. The summed E-state index contributed by atoms with van der Waals surface area (Å²) in [7, 11) is 0. The number of carbonyl (C=O) groups is 1. The molecule has 130 valence electrons. The SMILES string of the molecule is CCn1nc(CNC(=O)c2ccc([C@H]3CCCO3)s2)c2ccccc21. The van der Waals surface area contributed by atoms with Gasteiger partial charge in [-0.15, -0.1) is 11.3 Å². The molecule has 0 unspecified atom stereocenters. The quantitative estimate of drug-likeness (QED) is 0.755. The number of nitrogens with one attached hydrogen (secondary N) is 1. The summed E-state index contributed by atoms with van der Waals surface area (Å²) in [4.78, 5) is 14.4. The summed E-state index contributed by atoms with van der Waals surface area (Å²) in [5.74, 6) is -0.0515. The molecular weight excluding hydrogens is 334 g/mol. The van der Waals surface area contributed by atoms with Crippen molar-refractivity contribution in [2.24, 2.45) is 0 Å². The molecule has 25 heavy (non-hydrogen) atoms. The third-order valence-corrected chi connectivity index (χ3v) is 5.72. The minimum Gasteiger partial charge on any atom is -0.373 e. The number of carbonyl (C=O) groups excluding carboxylic acids is 1. The van der Waals surface area contributed by atoms with Crippen LogP contribution < -0.4 is 5.32 Å². The molecule has 4 rings (SSSR count). The van der Waals surface area contributed by atoms with Crippen LogP contribution in [0.4, 0.5) is 0 Å². The van der Waals surface area contributed by atoms with Gasteiger partial charge in [0.05, 0.1) is 28.7 Å². The lowest BCUT2D eigenvalue weighted by Gasteiger charge is -2.05. The van der Waals surface area contributed by atoms with E-state index in [0.717, 1.165) is 52.3 Å². The third kappa shape index (κ3) is 3.19. The van der Waals surface area contributed by atoms with E-state index in [1.807, 2.05) is 28.9 Å². The van der Waals surface area contributed by atoms with Crippen LogP contribution >= 0.6 is 11.3 Å². The minimum absolute atomic E-state index is 0.0515. The van der Waals surface area contributed by atoms with Gasteiger partial charge in [0.1, 0.15) is 0 Å². The average Bonchev–Trinajstić information content (AvgIpc) is 3.38. The molecule has 1 N–H and O–H groups in total. The van der Waals surface area contributed by atoms with Gasteiger partial charge in [0.15, 0.2) is 0 Å². The van der Waals surface area contributed by atoms with Crippen molar-refractivity contribution < 1.29 is 9.53 Å². The first kappa shape index (κ1) is 16.3. The lowest BCUT2D eigenvalue weighted by atomic mass is 10.2. The number of aromatic nitrogens is 2. The molecule has 3 heterocycles. The van der Waals surface area contributed by atoms with E-state index in [1.165, 1.54) is 11.3 Å². The van der Waals surface area contributed by atoms with Gasteiger partial charge in [-0.3, -0.25) is 9.48 Å². The van der Waals surface area contributed by atoms with Crippen LogP contribution in [0.2, 0.25) is 0 Å². The molecule has 6 heteroatoms. The molecule has 0 radical (unpaired) electrons. The summed E-state index contributed by atoms with van der Waals surface area (Å²) < 4.78 is 7.66. The summed E-state index contributed by atoms with van der Waals surface area (Å²) in [6, 6.07) is 12.0. The number of nitrogens with zero attached hydrogens (tertiary/aromatic N) is 2. The van der Waals surface area contributed by atoms with Gasteiger partial charge in [-0.25, -0.2) is 0 Å². The molecular formula is C19H21N3O2S. The van der Waals surface area contributed by atoms with Crippen LogP contribution in [0.15, 0.2) is 36.4 Å². The number of amides is 1. The lowest BCUT2D eigenvalue weighted by Crippen LogP contribution is -2.22. The Hall–Kier alpha value is -2.18. The first-order valence-electron chi connectivity index (χ1n) is 8.70. The van der Waals surface area contributed by atoms with Crippen LogP contribution in [0.25, 0.3) is 10.9 Å². The highest BCUT2D eigenvalue weighted by Gasteiger charge is 2.21. The fourth-order valence-corrected chi connectivity index (χ4v) is 4.28. The van der Waals surface area contributed by atoms with E-state index in [9.17, 15) is 4.79 Å². The average molecular weight is 355 g/mol. The Kier molecular flexibility index (Phi) is 4.55. The van der Waals surface area contributed by atoms with E-state index in [2.05, 4.69) is 29.5 Å². The van der Waals surface area contributed by atoms with Gasteiger partial charge in [0.25, 0.3) is 5.91 Å². The van der Waals surface area contributed by atoms with Crippen molar-refractivity contribution in [1.82, 2.24) is 15.1 Å². The Balaban J connectivity index is 1.47. The molecule has 1 saturated heterocycles. The number of para-hydroxylation sites is 1. The molecule has 0 bridgehead atoms. The molecule has 1 amide bonds. The van der Waals surface area contributed by atoms with Gasteiger partial charge in [-0.2, -0.15) is 5.10 Å². The minimum atomic E-state index is -0.0515. The van der Waals surface area contributed by atoms with Gasteiger partial charge in [0, 0.05) is 23.4 Å². The second-order valence-corrected chi connectivity index (χ2v) is 7.28. The maximum absolute atomic E-state index is 12.5. The van der Waals surface area contributed by atoms with E-state index in [1.54, 1.807) is 0 Å². The Labute approximate surface area is 150 Å². The first-order chi connectivity index (χ1) is 12.3. The Morgan fingerprint density at radius 3 is 3.04 bits per heavy atom. The van der Waals surface area contributed by atoms with Crippen LogP contribution in [0.5, 0.6) is 0 Å². The third-order valence-electron chi connectivity index (χ3n) is 4.55. The van der Waals surface area contributed by atoms with Crippen molar-refractivity contribution in [3.63, 3.8) is 0 Å². The predicted octanol–water partition coefficient (Wildman–Crippen LogP) is 3.90. The van der Waals surface area contributed by atoms with Crippen LogP contribution in [-0.2, 0) is 17.8 Å². The van der Waals surface area contributed by atoms with Crippen LogP contribution in [0.3, 0.4) is 0 Å². The largest absolute Gasteiger partial charge is 0.373 e. The number of thiophene rings is 1. The van der Waals surface area contributed by atoms with Crippen molar-refractivity contribution >= 4 is 28.1 Å². The monoisotopic (exact) mass is 355 g/mol. The van der Waals surface area contributed by atoms with Gasteiger partial charge >= 0.3 is 0 Å². The highest BCUT2D eigenvalue weighted by atomic mass is 32.1. The smallest absolute Gasteiger partial charge is 0.261 e. The van der Waals surface area contributed by atoms with Crippen LogP contribution in [-0.4, -0.2) is 22.3 Å². The molecule has 0 saturated carbocycles. The molecule has 0 aliphatic carbocycles. The van der Waals surface area contributed by atoms with Crippen LogP contribution in [0, 0.1) is 0 Å². The van der Waals surface area contributed by atoms with Crippen molar-refractivity contribution in [2.45, 2.75) is 39.0 Å². The molecule has 0 spiro atoms. The number of fused-ring (bicyclic) bond motifs is 1. The molecule has 5 nitrogen and oxygen atoms in total. The van der Waals surface area contributed by atoms with Gasteiger partial charge in [-0.05, 0) is 38.0 Å². The van der Waals surface area contributed by atoms with Gasteiger partial charge in [0.2, 0.25) is 0 Å². The predicted molar refractivity (Wildman–Crippen MR) is 98.8 cm³/mol. The van der Waals surface area contributed by atoms with Gasteiger partial charge < -0.3 is 10.1 Å². The fourth-order valence-electron chi connectivity index (χ4n) is 3.27. The van der Waals surface area contributed by atoms with Gasteiger partial charge in [-0.1, -0.05) is 18.2 Å². The lowest BCUT2D eigenvalue weighted by molar-refractivity contribution is 0.0954. The van der Waals surface area contributed by atoms with Crippen molar-refractivity contribution in [3.05, 3.63) is 51.8 Å². The molecule has 3 aromatic rings. The highest BCUT2D eigenvalue weighted by Crippen LogP contribution is 2.33. The topological polar surface area (TPSA) is 56.2 Å². The van der Waals surface area contributed by atoms with Crippen molar-refractivity contribution in [1.29, 1.82) is 0 Å². The second kappa shape index (κ2) is 6.98. The number of benzene rings is 1. The van der Waals surface area contributed by atoms with Crippen molar-refractivity contribution in [3.8, 4) is 0 Å². The summed E-state index contributed by atoms with van der Waals surface area (Å²) in [5, 5.41) is 8.72. The zero-order valence-corrected chi connectivity index (χ0v) is 15.0. The molecule has 1 aliphatic rings. The second-order valence-electron chi connectivity index (χ2n) is 6.17. The summed E-state index contributed by atoms with van der Waals surface area (Å²) >= 11 is 1.52. The molecule has 1 atom stereocenters. The Morgan fingerprint density at radius 1 is 1.36 bits per heavy atom. The number of hydrogen-bond acceptors (Lipinski definition) is 4. The first-order valence-corrected chi connectivity index (χ1v) is 9.52. The van der Waals surface area contributed by atoms with E-state index in [4.69, 9.17) is 4.74 Å². The van der Waals surface area contributed by atoms with E-state index in [-0.39, 0.29) is 12.0 Å². The molecule has 2 aromatic heterocycles. The summed E-state index contributed by atoms with van der Waals surface area (Å²) in [5.41, 5.74) is 2.01. The Morgan fingerprint density at radius 2 is 2.24 bits per heavy atom. The van der Waals surface area contributed by atoms with E-state index >= 15 is 0 Å².